The number of carboxylic acids is 1. The van der Waals surface area contributed by atoms with Crippen LogP contribution in [0, 0.1) is 11.8 Å². The lowest BCUT2D eigenvalue weighted by molar-refractivity contribution is -0.144. The molecule has 2 unspecified atom stereocenters. The highest BCUT2D eigenvalue weighted by molar-refractivity contribution is 5.84. The Bertz CT molecular complexity index is 234. The molecule has 2 atom stereocenters. The van der Waals surface area contributed by atoms with Crippen LogP contribution >= 0.6 is 0 Å². The van der Waals surface area contributed by atoms with Crippen LogP contribution in [0.4, 0.5) is 0 Å². The van der Waals surface area contributed by atoms with E-state index in [1.54, 1.807) is 12.2 Å². The van der Waals surface area contributed by atoms with Gasteiger partial charge in [-0.3, -0.25) is 9.59 Å². The first kappa shape index (κ1) is 8.77. The first-order valence-electron chi connectivity index (χ1n) is 3.81. The molecule has 0 radical (unpaired) electrons. The molecule has 1 aliphatic rings. The maximum absolute atomic E-state index is 10.8. The molecule has 0 aromatic rings. The van der Waals surface area contributed by atoms with Crippen molar-refractivity contribution in [2.24, 2.45) is 17.6 Å². The summed E-state index contributed by atoms with van der Waals surface area (Å²) in [5.74, 6) is -2.76. The molecule has 1 amide bonds. The number of carbonyl (C=O) groups is 2. The van der Waals surface area contributed by atoms with E-state index in [1.807, 2.05) is 0 Å². The van der Waals surface area contributed by atoms with Crippen molar-refractivity contribution in [3.8, 4) is 0 Å². The minimum atomic E-state index is -0.977. The molecule has 4 heteroatoms. The predicted molar refractivity (Wildman–Crippen MR) is 42.2 cm³/mol. The molecule has 4 nitrogen and oxygen atoms in total. The van der Waals surface area contributed by atoms with Crippen molar-refractivity contribution in [3.63, 3.8) is 0 Å². The third kappa shape index (κ3) is 1.64. The standard InChI is InChI=1S/C8H11NO3/c9-7(10)5-3-1-2-4-6(5)8(11)12/h2,4-6H,1,3H2,(H2,9,10)(H,11,12). The van der Waals surface area contributed by atoms with Crippen LogP contribution in [0.15, 0.2) is 12.2 Å². The van der Waals surface area contributed by atoms with Crippen LogP contribution in [0.5, 0.6) is 0 Å². The summed E-state index contributed by atoms with van der Waals surface area (Å²) in [6.07, 6.45) is 4.60. The van der Waals surface area contributed by atoms with Crippen molar-refractivity contribution in [2.75, 3.05) is 0 Å². The number of primary amides is 1. The average molecular weight is 169 g/mol. The van der Waals surface area contributed by atoms with Gasteiger partial charge in [-0.25, -0.2) is 0 Å². The minimum Gasteiger partial charge on any atom is -0.481 e. The topological polar surface area (TPSA) is 80.4 Å². The Morgan fingerprint density at radius 2 is 2.17 bits per heavy atom. The third-order valence-electron chi connectivity index (χ3n) is 2.07. The molecule has 0 bridgehead atoms. The van der Waals surface area contributed by atoms with E-state index < -0.39 is 23.7 Å². The lowest BCUT2D eigenvalue weighted by Gasteiger charge is -2.20. The van der Waals surface area contributed by atoms with E-state index >= 15 is 0 Å². The lowest BCUT2D eigenvalue weighted by atomic mass is 9.83. The van der Waals surface area contributed by atoms with Gasteiger partial charge in [0.15, 0.2) is 0 Å². The fourth-order valence-electron chi connectivity index (χ4n) is 1.41. The molecular formula is C8H11NO3. The number of rotatable bonds is 2. The van der Waals surface area contributed by atoms with Gasteiger partial charge in [0.1, 0.15) is 0 Å². The van der Waals surface area contributed by atoms with Crippen molar-refractivity contribution in [1.29, 1.82) is 0 Å². The summed E-state index contributed by atoms with van der Waals surface area (Å²) in [4.78, 5) is 21.4. The van der Waals surface area contributed by atoms with Gasteiger partial charge >= 0.3 is 5.97 Å². The Labute approximate surface area is 70.1 Å². The molecule has 0 aliphatic heterocycles. The van der Waals surface area contributed by atoms with E-state index in [4.69, 9.17) is 10.8 Å². The van der Waals surface area contributed by atoms with Crippen LogP contribution in [0.25, 0.3) is 0 Å². The number of nitrogens with two attached hydrogens (primary N) is 1. The van der Waals surface area contributed by atoms with Crippen LogP contribution in [0.3, 0.4) is 0 Å². The summed E-state index contributed by atoms with van der Waals surface area (Å²) in [5, 5.41) is 8.70. The summed E-state index contributed by atoms with van der Waals surface area (Å²) in [7, 11) is 0. The highest BCUT2D eigenvalue weighted by Gasteiger charge is 2.31. The van der Waals surface area contributed by atoms with Gasteiger partial charge in [-0.05, 0) is 12.8 Å². The molecule has 1 aliphatic carbocycles. The lowest BCUT2D eigenvalue weighted by Crippen LogP contribution is -2.34. The van der Waals surface area contributed by atoms with Crippen LogP contribution in [0.2, 0.25) is 0 Å². The van der Waals surface area contributed by atoms with Crippen molar-refractivity contribution in [2.45, 2.75) is 12.8 Å². The highest BCUT2D eigenvalue weighted by atomic mass is 16.4. The SMILES string of the molecule is NC(=O)C1CCC=CC1C(=O)O. The number of hydrogen-bond acceptors (Lipinski definition) is 2. The number of carboxylic acid groups (broad SMARTS) is 1. The number of allylic oxidation sites excluding steroid dienone is 1. The number of hydrogen-bond donors (Lipinski definition) is 2. The second kappa shape index (κ2) is 3.38. The molecule has 0 aromatic carbocycles. The van der Waals surface area contributed by atoms with E-state index in [2.05, 4.69) is 0 Å². The zero-order valence-electron chi connectivity index (χ0n) is 6.56. The first-order chi connectivity index (χ1) is 5.63. The van der Waals surface area contributed by atoms with E-state index in [0.717, 1.165) is 6.42 Å². The van der Waals surface area contributed by atoms with Gasteiger partial charge in [-0.2, -0.15) is 0 Å². The van der Waals surface area contributed by atoms with Gasteiger partial charge in [-0.1, -0.05) is 12.2 Å². The van der Waals surface area contributed by atoms with Crippen molar-refractivity contribution < 1.29 is 14.7 Å². The first-order valence-corrected chi connectivity index (χ1v) is 3.81. The van der Waals surface area contributed by atoms with Crippen LogP contribution in [-0.4, -0.2) is 17.0 Å². The Balaban J connectivity index is 2.79. The summed E-state index contributed by atoms with van der Waals surface area (Å²) in [6.45, 7) is 0. The zero-order chi connectivity index (χ0) is 9.14. The Morgan fingerprint density at radius 1 is 1.50 bits per heavy atom. The summed E-state index contributed by atoms with van der Waals surface area (Å²) < 4.78 is 0. The number of aliphatic carboxylic acids is 1. The van der Waals surface area contributed by atoms with Gasteiger partial charge in [0.05, 0.1) is 11.8 Å². The van der Waals surface area contributed by atoms with E-state index in [-0.39, 0.29) is 0 Å². The predicted octanol–water partition coefficient (Wildman–Crippen LogP) is 0.139. The number of amides is 1. The van der Waals surface area contributed by atoms with Crippen LogP contribution in [-0.2, 0) is 9.59 Å². The molecule has 0 saturated heterocycles. The van der Waals surface area contributed by atoms with E-state index in [1.165, 1.54) is 0 Å². The van der Waals surface area contributed by atoms with Gasteiger partial charge in [0.25, 0.3) is 0 Å². The summed E-state index contributed by atoms with van der Waals surface area (Å²) in [6, 6.07) is 0. The van der Waals surface area contributed by atoms with Gasteiger partial charge in [0, 0.05) is 0 Å². The second-order valence-corrected chi connectivity index (χ2v) is 2.88. The smallest absolute Gasteiger partial charge is 0.311 e. The molecular weight excluding hydrogens is 158 g/mol. The van der Waals surface area contributed by atoms with Crippen molar-refractivity contribution >= 4 is 11.9 Å². The Morgan fingerprint density at radius 3 is 2.58 bits per heavy atom. The molecule has 3 N–H and O–H groups in total. The summed E-state index contributed by atoms with van der Waals surface area (Å²) >= 11 is 0. The fraction of sp³-hybridized carbons (Fsp3) is 0.500. The molecule has 66 valence electrons. The molecule has 0 spiro atoms. The third-order valence-corrected chi connectivity index (χ3v) is 2.07. The Hall–Kier alpha value is -1.32. The molecule has 0 fully saturated rings. The molecule has 0 aromatic heterocycles. The zero-order valence-corrected chi connectivity index (χ0v) is 6.56. The quantitative estimate of drug-likeness (QED) is 0.577. The molecule has 1 rings (SSSR count). The van der Waals surface area contributed by atoms with Crippen LogP contribution in [0.1, 0.15) is 12.8 Å². The molecule has 12 heavy (non-hydrogen) atoms. The van der Waals surface area contributed by atoms with Crippen molar-refractivity contribution in [1.82, 2.24) is 0 Å². The minimum absolute atomic E-state index is 0.522. The highest BCUT2D eigenvalue weighted by Crippen LogP contribution is 2.24. The second-order valence-electron chi connectivity index (χ2n) is 2.88. The largest absolute Gasteiger partial charge is 0.481 e. The van der Waals surface area contributed by atoms with Gasteiger partial charge in [0.2, 0.25) is 5.91 Å². The maximum atomic E-state index is 10.8. The summed E-state index contributed by atoms with van der Waals surface area (Å²) in [5.41, 5.74) is 5.06. The van der Waals surface area contributed by atoms with E-state index in [9.17, 15) is 9.59 Å². The number of carbonyl (C=O) groups excluding carboxylic acids is 1. The molecule has 0 heterocycles. The Kier molecular flexibility index (Phi) is 2.47. The van der Waals surface area contributed by atoms with Gasteiger partial charge in [-0.15, -0.1) is 0 Å². The van der Waals surface area contributed by atoms with Crippen LogP contribution < -0.4 is 5.73 Å². The van der Waals surface area contributed by atoms with Gasteiger partial charge < -0.3 is 10.8 Å². The fourth-order valence-corrected chi connectivity index (χ4v) is 1.41. The molecule has 0 saturated carbocycles. The maximum Gasteiger partial charge on any atom is 0.311 e. The van der Waals surface area contributed by atoms with E-state index in [0.29, 0.717) is 6.42 Å². The average Bonchev–Trinajstić information content (AvgIpc) is 2.04. The van der Waals surface area contributed by atoms with Crippen molar-refractivity contribution in [3.05, 3.63) is 12.2 Å². The monoisotopic (exact) mass is 169 g/mol. The normalized spacial score (nSPS) is 28.3.